The largest absolute Gasteiger partial charge is 0.447 e. The number of esters is 1. The molecule has 0 aliphatic carbocycles. The molecule has 0 spiro atoms. The number of carbonyl (C=O) groups is 1. The Morgan fingerprint density at radius 2 is 1.11 bits per heavy atom. The van der Waals surface area contributed by atoms with Crippen LogP contribution in [-0.2, 0) is 9.53 Å². The number of carbonyl (C=O) groups excluding carboxylic acids is 1. The quantitative estimate of drug-likeness (QED) is 0.625. The molecule has 0 aromatic heterocycles. The highest BCUT2D eigenvalue weighted by Gasteiger charge is 2.87. The van der Waals surface area contributed by atoms with Crippen molar-refractivity contribution in [3.05, 3.63) is 0 Å². The van der Waals surface area contributed by atoms with E-state index in [1.54, 1.807) is 0 Å². The number of rotatable bonds is 2. The first kappa shape index (κ1) is 16.8. The smallest absolute Gasteiger partial charge is 0.431 e. The van der Waals surface area contributed by atoms with Crippen LogP contribution in [0.1, 0.15) is 0 Å². The SMILES string of the molecule is NCC(=O)OC(C(F)(F)F)(C(F)(F)F)C(F)(F)F. The van der Waals surface area contributed by atoms with Crippen LogP contribution in [0.2, 0.25) is 0 Å². The maximum absolute atomic E-state index is 12.1. The van der Waals surface area contributed by atoms with E-state index in [4.69, 9.17) is 0 Å². The summed E-state index contributed by atoms with van der Waals surface area (Å²) in [6.07, 6.45) is -20.8. The molecule has 18 heavy (non-hydrogen) atoms. The van der Waals surface area contributed by atoms with Crippen molar-refractivity contribution in [1.82, 2.24) is 0 Å². The fourth-order valence-electron chi connectivity index (χ4n) is 0.868. The summed E-state index contributed by atoms with van der Waals surface area (Å²) < 4.78 is 111. The second kappa shape index (κ2) is 4.48. The summed E-state index contributed by atoms with van der Waals surface area (Å²) in [5.41, 5.74) is -2.26. The van der Waals surface area contributed by atoms with Crippen molar-refractivity contribution in [3.63, 3.8) is 0 Å². The zero-order chi connectivity index (χ0) is 15.0. The molecule has 0 aliphatic heterocycles. The molecule has 0 radical (unpaired) electrons. The number of hydrogen-bond donors (Lipinski definition) is 1. The summed E-state index contributed by atoms with van der Waals surface area (Å²) >= 11 is 0. The Labute approximate surface area is 92.7 Å². The van der Waals surface area contributed by atoms with Crippen molar-refractivity contribution in [3.8, 4) is 0 Å². The third-order valence-corrected chi connectivity index (χ3v) is 1.63. The van der Waals surface area contributed by atoms with E-state index in [0.29, 0.717) is 0 Å². The number of hydrogen-bond acceptors (Lipinski definition) is 3. The molecule has 0 amide bonds. The molecule has 0 unspecified atom stereocenters. The van der Waals surface area contributed by atoms with Crippen LogP contribution in [-0.4, -0.2) is 36.6 Å². The van der Waals surface area contributed by atoms with Gasteiger partial charge in [-0.25, -0.2) is 0 Å². The lowest BCUT2D eigenvalue weighted by Gasteiger charge is -2.37. The monoisotopic (exact) mass is 293 g/mol. The number of halogens is 9. The van der Waals surface area contributed by atoms with Gasteiger partial charge >= 0.3 is 30.1 Å². The molecular formula is C6H4F9NO2. The Morgan fingerprint density at radius 3 is 1.28 bits per heavy atom. The molecular weight excluding hydrogens is 289 g/mol. The van der Waals surface area contributed by atoms with Crippen LogP contribution in [0, 0.1) is 0 Å². The van der Waals surface area contributed by atoms with E-state index in [2.05, 4.69) is 10.5 Å². The van der Waals surface area contributed by atoms with Crippen molar-refractivity contribution in [2.24, 2.45) is 5.73 Å². The first-order valence-corrected chi connectivity index (χ1v) is 3.83. The lowest BCUT2D eigenvalue weighted by Crippen LogP contribution is -2.68. The Balaban J connectivity index is 6.00. The van der Waals surface area contributed by atoms with Crippen LogP contribution < -0.4 is 5.73 Å². The standard InChI is InChI=1S/C6H4F9NO2/c7-4(8,9)3(5(10,11)12,6(13,14)15)18-2(17)1-16/h1,16H2. The minimum Gasteiger partial charge on any atom is -0.431 e. The lowest BCUT2D eigenvalue weighted by atomic mass is 10.0. The third-order valence-electron chi connectivity index (χ3n) is 1.63. The molecule has 12 heteroatoms. The first-order chi connectivity index (χ1) is 7.70. The van der Waals surface area contributed by atoms with Gasteiger partial charge in [-0.15, -0.1) is 0 Å². The molecule has 0 atom stereocenters. The second-order valence-corrected chi connectivity index (χ2v) is 2.85. The zero-order valence-electron chi connectivity index (χ0n) is 8.00. The summed E-state index contributed by atoms with van der Waals surface area (Å²) in [6, 6.07) is 0. The average Bonchev–Trinajstić information content (AvgIpc) is 2.07. The van der Waals surface area contributed by atoms with Gasteiger partial charge in [0.15, 0.2) is 0 Å². The Bertz CT molecular complexity index is 278. The molecule has 108 valence electrons. The van der Waals surface area contributed by atoms with Gasteiger partial charge in [0.2, 0.25) is 0 Å². The first-order valence-electron chi connectivity index (χ1n) is 3.83. The van der Waals surface area contributed by atoms with Gasteiger partial charge in [-0.05, 0) is 0 Å². The Hall–Kier alpha value is -1.20. The summed E-state index contributed by atoms with van der Waals surface area (Å²) in [6.45, 7) is -1.58. The lowest BCUT2D eigenvalue weighted by molar-refractivity contribution is -0.446. The van der Waals surface area contributed by atoms with Gasteiger partial charge in [-0.1, -0.05) is 0 Å². The van der Waals surface area contributed by atoms with Crippen LogP contribution in [0.4, 0.5) is 39.5 Å². The van der Waals surface area contributed by atoms with Crippen molar-refractivity contribution >= 4 is 5.97 Å². The average molecular weight is 293 g/mol. The van der Waals surface area contributed by atoms with E-state index in [0.717, 1.165) is 0 Å². The molecule has 0 aliphatic rings. The Kier molecular flexibility index (Phi) is 4.18. The van der Waals surface area contributed by atoms with E-state index >= 15 is 0 Å². The molecule has 0 saturated heterocycles. The summed E-state index contributed by atoms with van der Waals surface area (Å²) in [5, 5.41) is 0. The maximum Gasteiger partial charge on any atom is 0.447 e. The van der Waals surface area contributed by atoms with Gasteiger partial charge in [-0.2, -0.15) is 39.5 Å². The second-order valence-electron chi connectivity index (χ2n) is 2.85. The molecule has 0 saturated carbocycles. The molecule has 0 heterocycles. The van der Waals surface area contributed by atoms with Crippen molar-refractivity contribution in [1.29, 1.82) is 0 Å². The van der Waals surface area contributed by atoms with Crippen LogP contribution in [0.5, 0.6) is 0 Å². The fraction of sp³-hybridized carbons (Fsp3) is 0.833. The van der Waals surface area contributed by atoms with Crippen LogP contribution >= 0.6 is 0 Å². The molecule has 0 aromatic carbocycles. The topological polar surface area (TPSA) is 52.3 Å². The van der Waals surface area contributed by atoms with E-state index in [9.17, 15) is 44.3 Å². The van der Waals surface area contributed by atoms with Gasteiger partial charge in [0.05, 0.1) is 6.54 Å². The van der Waals surface area contributed by atoms with Gasteiger partial charge < -0.3 is 10.5 Å². The third kappa shape index (κ3) is 2.62. The minimum absolute atomic E-state index is 1.58. The molecule has 0 aromatic rings. The number of ether oxygens (including phenoxy) is 1. The molecule has 3 nitrogen and oxygen atoms in total. The highest BCUT2D eigenvalue weighted by molar-refractivity contribution is 5.72. The molecule has 0 rings (SSSR count). The van der Waals surface area contributed by atoms with E-state index < -0.39 is 36.6 Å². The van der Waals surface area contributed by atoms with Gasteiger partial charge in [0.25, 0.3) is 0 Å². The summed E-state index contributed by atoms with van der Waals surface area (Å²) in [5.74, 6) is -2.50. The summed E-state index contributed by atoms with van der Waals surface area (Å²) in [7, 11) is 0. The van der Waals surface area contributed by atoms with Crippen molar-refractivity contribution < 1.29 is 49.0 Å². The van der Waals surface area contributed by atoms with Gasteiger partial charge in [0.1, 0.15) is 0 Å². The van der Waals surface area contributed by atoms with Crippen molar-refractivity contribution in [2.45, 2.75) is 24.1 Å². The van der Waals surface area contributed by atoms with Crippen molar-refractivity contribution in [2.75, 3.05) is 6.54 Å². The molecule has 0 bridgehead atoms. The number of alkyl halides is 9. The fourth-order valence-corrected chi connectivity index (χ4v) is 0.868. The minimum atomic E-state index is -6.94. The summed E-state index contributed by atoms with van der Waals surface area (Å²) in [4.78, 5) is 10.3. The predicted molar refractivity (Wildman–Crippen MR) is 36.0 cm³/mol. The van der Waals surface area contributed by atoms with Crippen LogP contribution in [0.15, 0.2) is 0 Å². The normalized spacial score (nSPS) is 14.6. The number of nitrogens with two attached hydrogens (primary N) is 1. The van der Waals surface area contributed by atoms with Gasteiger partial charge in [-0.3, -0.25) is 4.79 Å². The maximum atomic E-state index is 12.1. The van der Waals surface area contributed by atoms with E-state index in [1.165, 1.54) is 0 Å². The van der Waals surface area contributed by atoms with E-state index in [-0.39, 0.29) is 0 Å². The zero-order valence-corrected chi connectivity index (χ0v) is 8.00. The van der Waals surface area contributed by atoms with Crippen LogP contribution in [0.25, 0.3) is 0 Å². The van der Waals surface area contributed by atoms with Gasteiger partial charge in [0, 0.05) is 0 Å². The van der Waals surface area contributed by atoms with E-state index in [1.807, 2.05) is 0 Å². The predicted octanol–water partition coefficient (Wildman–Crippen LogP) is 1.91. The highest BCUT2D eigenvalue weighted by atomic mass is 19.4. The van der Waals surface area contributed by atoms with Crippen LogP contribution in [0.3, 0.4) is 0 Å². The Morgan fingerprint density at radius 1 is 0.833 bits per heavy atom. The highest BCUT2D eigenvalue weighted by Crippen LogP contribution is 2.54. The molecule has 0 fully saturated rings. The molecule has 2 N–H and O–H groups in total.